The minimum Gasteiger partial charge on any atom is -0.497 e. The summed E-state index contributed by atoms with van der Waals surface area (Å²) in [6, 6.07) is 11.9. The molecule has 1 atom stereocenters. The van der Waals surface area contributed by atoms with Gasteiger partial charge in [0.1, 0.15) is 18.1 Å². The van der Waals surface area contributed by atoms with Crippen molar-refractivity contribution in [2.24, 2.45) is 0 Å². The number of ether oxygens (including phenoxy) is 3. The average molecular weight is 475 g/mol. The molecule has 0 aliphatic carbocycles. The van der Waals surface area contributed by atoms with Crippen molar-refractivity contribution in [1.82, 2.24) is 19.5 Å². The Bertz CT molecular complexity index is 1380. The minimum atomic E-state index is -0.00151. The normalized spacial score (nSPS) is 14.8. The summed E-state index contributed by atoms with van der Waals surface area (Å²) in [5.74, 6) is 3.37. The van der Waals surface area contributed by atoms with Crippen molar-refractivity contribution in [1.29, 1.82) is 0 Å². The highest BCUT2D eigenvalue weighted by Crippen LogP contribution is 2.39. The van der Waals surface area contributed by atoms with Crippen LogP contribution in [-0.4, -0.2) is 47.4 Å². The number of fused-ring (bicyclic) bond motifs is 1. The van der Waals surface area contributed by atoms with Crippen molar-refractivity contribution in [3.63, 3.8) is 0 Å². The van der Waals surface area contributed by atoms with Gasteiger partial charge in [0, 0.05) is 26.4 Å². The Balaban J connectivity index is 0.00000304. The van der Waals surface area contributed by atoms with E-state index < -0.39 is 0 Å². The molecule has 1 unspecified atom stereocenters. The Hall–Kier alpha value is -4.27. The maximum absolute atomic E-state index is 6.03. The highest BCUT2D eigenvalue weighted by Gasteiger charge is 2.29. The number of hydrogen-bond acceptors (Lipinski definition) is 8. The molecule has 1 aliphatic rings. The van der Waals surface area contributed by atoms with Crippen LogP contribution in [0.1, 0.15) is 24.3 Å². The fourth-order valence-electron chi connectivity index (χ4n) is 4.26. The second kappa shape index (κ2) is 9.17. The number of hydrogen-bond donors (Lipinski definition) is 1. The van der Waals surface area contributed by atoms with Crippen molar-refractivity contribution >= 4 is 17.5 Å². The number of anilines is 3. The molecule has 0 spiro atoms. The summed E-state index contributed by atoms with van der Waals surface area (Å²) in [5.41, 5.74) is 4.95. The molecule has 182 valence electrons. The SMILES string of the molecule is COc1ccc(C)c(C2COc3cnc(Nc4ccc(-n5cnc(C)c5)c(OC)c4)nc3N2C)c1.[HH]. The van der Waals surface area contributed by atoms with Crippen LogP contribution in [0.15, 0.2) is 55.1 Å². The molecule has 1 aliphatic heterocycles. The minimum absolute atomic E-state index is 0. The molecule has 0 bridgehead atoms. The number of likely N-dealkylation sites (N-methyl/N-ethyl adjacent to an activating group) is 1. The first-order valence-electron chi connectivity index (χ1n) is 11.3. The molecule has 5 rings (SSSR count). The predicted octanol–water partition coefficient (Wildman–Crippen LogP) is 4.86. The van der Waals surface area contributed by atoms with Gasteiger partial charge in [-0.05, 0) is 49.2 Å². The van der Waals surface area contributed by atoms with Crippen LogP contribution in [0.25, 0.3) is 5.69 Å². The van der Waals surface area contributed by atoms with Crippen molar-refractivity contribution in [2.45, 2.75) is 19.9 Å². The molecule has 0 amide bonds. The number of aryl methyl sites for hydroxylation is 2. The Morgan fingerprint density at radius 3 is 2.69 bits per heavy atom. The van der Waals surface area contributed by atoms with E-state index in [0.29, 0.717) is 24.1 Å². The molecule has 2 aromatic heterocycles. The van der Waals surface area contributed by atoms with Crippen LogP contribution in [0, 0.1) is 13.8 Å². The molecule has 2 aromatic carbocycles. The summed E-state index contributed by atoms with van der Waals surface area (Å²) in [6.07, 6.45) is 5.42. The fourth-order valence-corrected chi connectivity index (χ4v) is 4.26. The van der Waals surface area contributed by atoms with Gasteiger partial charge < -0.3 is 29.0 Å². The van der Waals surface area contributed by atoms with Gasteiger partial charge in [-0.15, -0.1) is 0 Å². The third kappa shape index (κ3) is 4.32. The number of rotatable bonds is 6. The van der Waals surface area contributed by atoms with E-state index in [0.717, 1.165) is 34.2 Å². The Morgan fingerprint density at radius 2 is 1.94 bits per heavy atom. The Morgan fingerprint density at radius 1 is 1.09 bits per heavy atom. The molecule has 9 heteroatoms. The van der Waals surface area contributed by atoms with Gasteiger partial charge in [0.05, 0.1) is 44.2 Å². The van der Waals surface area contributed by atoms with E-state index in [-0.39, 0.29) is 7.47 Å². The Kier molecular flexibility index (Phi) is 5.90. The molecule has 0 radical (unpaired) electrons. The highest BCUT2D eigenvalue weighted by atomic mass is 16.5. The second-order valence-electron chi connectivity index (χ2n) is 8.48. The summed E-state index contributed by atoms with van der Waals surface area (Å²) >= 11 is 0. The average Bonchev–Trinajstić information content (AvgIpc) is 3.31. The van der Waals surface area contributed by atoms with Crippen LogP contribution < -0.4 is 24.4 Å². The number of imidazole rings is 1. The van der Waals surface area contributed by atoms with Gasteiger partial charge in [0.15, 0.2) is 11.6 Å². The maximum atomic E-state index is 6.03. The number of methoxy groups -OCH3 is 2. The third-order valence-electron chi connectivity index (χ3n) is 6.21. The lowest BCUT2D eigenvalue weighted by atomic mass is 9.99. The zero-order valence-electron chi connectivity index (χ0n) is 20.4. The Labute approximate surface area is 205 Å². The lowest BCUT2D eigenvalue weighted by Crippen LogP contribution is -2.34. The fraction of sp³-hybridized carbons (Fsp3) is 0.269. The molecule has 0 saturated carbocycles. The zero-order valence-corrected chi connectivity index (χ0v) is 20.4. The van der Waals surface area contributed by atoms with Gasteiger partial charge in [0.25, 0.3) is 0 Å². The first-order chi connectivity index (χ1) is 17.0. The van der Waals surface area contributed by atoms with Gasteiger partial charge in [-0.2, -0.15) is 4.98 Å². The van der Waals surface area contributed by atoms with Gasteiger partial charge in [-0.3, -0.25) is 0 Å². The number of nitrogens with zero attached hydrogens (tertiary/aromatic N) is 5. The molecule has 3 heterocycles. The van der Waals surface area contributed by atoms with Crippen LogP contribution in [0.5, 0.6) is 17.2 Å². The van der Waals surface area contributed by atoms with Gasteiger partial charge in [-0.1, -0.05) is 6.07 Å². The van der Waals surface area contributed by atoms with Gasteiger partial charge in [-0.25, -0.2) is 9.97 Å². The van der Waals surface area contributed by atoms with E-state index in [4.69, 9.17) is 19.2 Å². The zero-order chi connectivity index (χ0) is 24.5. The summed E-state index contributed by atoms with van der Waals surface area (Å²) in [5, 5.41) is 3.29. The first-order valence-corrected chi connectivity index (χ1v) is 11.3. The smallest absolute Gasteiger partial charge is 0.229 e. The molecule has 4 aromatic rings. The van der Waals surface area contributed by atoms with Crippen LogP contribution >= 0.6 is 0 Å². The summed E-state index contributed by atoms with van der Waals surface area (Å²) in [4.78, 5) is 15.6. The van der Waals surface area contributed by atoms with E-state index in [1.165, 1.54) is 5.56 Å². The number of nitrogens with one attached hydrogen (secondary N) is 1. The topological polar surface area (TPSA) is 86.6 Å². The van der Waals surface area contributed by atoms with Crippen molar-refractivity contribution in [3.05, 3.63) is 71.9 Å². The van der Waals surface area contributed by atoms with Gasteiger partial charge in [0.2, 0.25) is 5.95 Å². The molecular formula is C26H30N6O3. The lowest BCUT2D eigenvalue weighted by molar-refractivity contribution is 0.264. The number of benzene rings is 2. The molecular weight excluding hydrogens is 444 g/mol. The van der Waals surface area contributed by atoms with Crippen molar-refractivity contribution in [3.8, 4) is 22.9 Å². The van der Waals surface area contributed by atoms with Crippen LogP contribution in [0.3, 0.4) is 0 Å². The molecule has 35 heavy (non-hydrogen) atoms. The quantitative estimate of drug-likeness (QED) is 0.424. The van der Waals surface area contributed by atoms with Crippen LogP contribution in [-0.2, 0) is 0 Å². The van der Waals surface area contributed by atoms with E-state index in [9.17, 15) is 0 Å². The summed E-state index contributed by atoms with van der Waals surface area (Å²) in [6.45, 7) is 4.54. The van der Waals surface area contributed by atoms with Crippen LogP contribution in [0.2, 0.25) is 0 Å². The monoisotopic (exact) mass is 474 g/mol. The van der Waals surface area contributed by atoms with E-state index in [1.807, 2.05) is 49.0 Å². The summed E-state index contributed by atoms with van der Waals surface area (Å²) in [7, 11) is 5.34. The van der Waals surface area contributed by atoms with Crippen LogP contribution in [0.4, 0.5) is 17.5 Å². The van der Waals surface area contributed by atoms with E-state index >= 15 is 0 Å². The van der Waals surface area contributed by atoms with Crippen molar-refractivity contribution in [2.75, 3.05) is 38.1 Å². The third-order valence-corrected chi connectivity index (χ3v) is 6.21. The molecule has 0 fully saturated rings. The standard InChI is InChI=1S/C26H28N6O3.H2/c1-16-6-8-19(33-4)11-20(16)22-14-35-24-12-27-26(30-25(24)31(22)3)29-18-7-9-21(23(10-18)34-5)32-13-17(2)28-15-32;/h6-13,15,22H,14H2,1-5H3,(H,27,29,30);1H. The highest BCUT2D eigenvalue weighted by molar-refractivity contribution is 5.64. The number of aromatic nitrogens is 4. The van der Waals surface area contributed by atoms with E-state index in [2.05, 4.69) is 39.2 Å². The van der Waals surface area contributed by atoms with Gasteiger partial charge >= 0.3 is 0 Å². The van der Waals surface area contributed by atoms with E-state index in [1.54, 1.807) is 26.7 Å². The maximum Gasteiger partial charge on any atom is 0.229 e. The summed E-state index contributed by atoms with van der Waals surface area (Å²) < 4.78 is 19.0. The lowest BCUT2D eigenvalue weighted by Gasteiger charge is -2.35. The first kappa shape index (κ1) is 22.5. The molecule has 0 saturated heterocycles. The van der Waals surface area contributed by atoms with Crippen molar-refractivity contribution < 1.29 is 15.6 Å². The molecule has 1 N–H and O–H groups in total. The molecule has 9 nitrogen and oxygen atoms in total. The predicted molar refractivity (Wildman–Crippen MR) is 137 cm³/mol. The second-order valence-corrected chi connectivity index (χ2v) is 8.48. The largest absolute Gasteiger partial charge is 0.497 e.